The van der Waals surface area contributed by atoms with Crippen LogP contribution in [0.4, 0.5) is 0 Å². The second kappa shape index (κ2) is 8.34. The third-order valence-corrected chi connectivity index (χ3v) is 6.08. The molecular formula is C20H20ClN5OS. The predicted molar refractivity (Wildman–Crippen MR) is 114 cm³/mol. The standard InChI is InChI=1S/C20H20ClN5OS/c21-18-10-15(14-12-23-26-9-5-4-8-17(14)26)25-20(28-18)19(27)24-16(11-22)13-6-2-1-3-7-13/h1-9,12,15-16,18H,10-11,22H2,(H,24,27). The second-order valence-electron chi connectivity index (χ2n) is 6.52. The lowest BCUT2D eigenvalue weighted by Gasteiger charge is -2.24. The van der Waals surface area contributed by atoms with Gasteiger partial charge in [-0.2, -0.15) is 5.10 Å². The molecule has 4 rings (SSSR count). The van der Waals surface area contributed by atoms with Gasteiger partial charge in [0, 0.05) is 24.7 Å². The van der Waals surface area contributed by atoms with Crippen LogP contribution in [0.5, 0.6) is 0 Å². The zero-order chi connectivity index (χ0) is 19.5. The SMILES string of the molecule is NCC(NC(=O)C1=NC(c2cnn3ccccc23)CC(Cl)S1)c1ccccc1. The van der Waals surface area contributed by atoms with E-state index in [1.54, 1.807) is 10.7 Å². The number of nitrogens with zero attached hydrogens (tertiary/aromatic N) is 3. The molecule has 3 aromatic rings. The molecular weight excluding hydrogens is 394 g/mol. The Morgan fingerprint density at radius 1 is 1.29 bits per heavy atom. The van der Waals surface area contributed by atoms with E-state index in [1.165, 1.54) is 11.8 Å². The van der Waals surface area contributed by atoms with E-state index in [2.05, 4.69) is 10.4 Å². The second-order valence-corrected chi connectivity index (χ2v) is 8.49. The summed E-state index contributed by atoms with van der Waals surface area (Å²) in [5, 5.41) is 7.73. The predicted octanol–water partition coefficient (Wildman–Crippen LogP) is 3.29. The van der Waals surface area contributed by atoms with Crippen molar-refractivity contribution in [3.8, 4) is 0 Å². The number of fused-ring (bicyclic) bond motifs is 1. The maximum absolute atomic E-state index is 12.9. The number of aliphatic imine (C=N–C) groups is 1. The average Bonchev–Trinajstić information content (AvgIpc) is 3.16. The zero-order valence-electron chi connectivity index (χ0n) is 15.0. The van der Waals surface area contributed by atoms with Crippen molar-refractivity contribution in [2.45, 2.75) is 23.2 Å². The highest BCUT2D eigenvalue weighted by atomic mass is 35.5. The van der Waals surface area contributed by atoms with Crippen LogP contribution in [0.1, 0.15) is 29.6 Å². The van der Waals surface area contributed by atoms with Crippen molar-refractivity contribution in [1.29, 1.82) is 0 Å². The van der Waals surface area contributed by atoms with Gasteiger partial charge >= 0.3 is 0 Å². The molecule has 0 radical (unpaired) electrons. The molecule has 0 fully saturated rings. The van der Waals surface area contributed by atoms with E-state index < -0.39 is 0 Å². The van der Waals surface area contributed by atoms with Crippen LogP contribution in [0.3, 0.4) is 0 Å². The van der Waals surface area contributed by atoms with Gasteiger partial charge in [0.15, 0.2) is 5.04 Å². The largest absolute Gasteiger partial charge is 0.342 e. The molecule has 144 valence electrons. The molecule has 2 aromatic heterocycles. The molecule has 0 spiro atoms. The number of nitrogens with two attached hydrogens (primary N) is 1. The number of carbonyl (C=O) groups excluding carboxylic acids is 1. The number of pyridine rings is 1. The van der Waals surface area contributed by atoms with Gasteiger partial charge in [-0.3, -0.25) is 9.79 Å². The van der Waals surface area contributed by atoms with E-state index in [1.807, 2.05) is 54.7 Å². The van der Waals surface area contributed by atoms with Gasteiger partial charge in [-0.1, -0.05) is 48.2 Å². The minimum absolute atomic E-state index is 0.211. The number of nitrogens with one attached hydrogen (secondary N) is 1. The van der Waals surface area contributed by atoms with Crippen LogP contribution in [-0.2, 0) is 4.79 Å². The summed E-state index contributed by atoms with van der Waals surface area (Å²) in [4.78, 5) is 17.6. The van der Waals surface area contributed by atoms with Crippen molar-refractivity contribution < 1.29 is 4.79 Å². The number of alkyl halides is 1. The molecule has 3 N–H and O–H groups in total. The van der Waals surface area contributed by atoms with E-state index in [4.69, 9.17) is 22.3 Å². The third kappa shape index (κ3) is 3.92. The summed E-state index contributed by atoms with van der Waals surface area (Å²) in [6.45, 7) is 0.301. The first kappa shape index (κ1) is 19.0. The third-order valence-electron chi connectivity index (χ3n) is 4.67. The van der Waals surface area contributed by atoms with Gasteiger partial charge < -0.3 is 11.1 Å². The molecule has 1 amide bonds. The quantitative estimate of drug-likeness (QED) is 0.628. The Morgan fingerprint density at radius 3 is 2.86 bits per heavy atom. The highest BCUT2D eigenvalue weighted by Crippen LogP contribution is 2.38. The summed E-state index contributed by atoms with van der Waals surface area (Å²) in [5.74, 6) is -0.254. The van der Waals surface area contributed by atoms with Gasteiger partial charge in [0.1, 0.15) is 0 Å². The summed E-state index contributed by atoms with van der Waals surface area (Å²) in [6.07, 6.45) is 4.32. The molecule has 0 saturated carbocycles. The number of hydrogen-bond acceptors (Lipinski definition) is 5. The highest BCUT2D eigenvalue weighted by Gasteiger charge is 2.30. The van der Waals surface area contributed by atoms with Crippen LogP contribution in [-0.4, -0.2) is 31.8 Å². The Hall–Kier alpha value is -2.35. The van der Waals surface area contributed by atoms with Crippen LogP contribution in [0.25, 0.3) is 5.52 Å². The normalized spacial score (nSPS) is 20.6. The summed E-state index contributed by atoms with van der Waals surface area (Å²) >= 11 is 7.74. The Bertz CT molecular complexity index is 1010. The highest BCUT2D eigenvalue weighted by molar-refractivity contribution is 8.17. The zero-order valence-corrected chi connectivity index (χ0v) is 16.6. The van der Waals surface area contributed by atoms with Crippen molar-refractivity contribution in [2.75, 3.05) is 6.54 Å². The summed E-state index contributed by atoms with van der Waals surface area (Å²) in [5.41, 5.74) is 8.77. The van der Waals surface area contributed by atoms with Crippen LogP contribution in [0, 0.1) is 0 Å². The number of thioether (sulfide) groups is 1. The van der Waals surface area contributed by atoms with E-state index >= 15 is 0 Å². The minimum Gasteiger partial charge on any atom is -0.342 e. The lowest BCUT2D eigenvalue weighted by molar-refractivity contribution is -0.115. The fourth-order valence-electron chi connectivity index (χ4n) is 3.27. The van der Waals surface area contributed by atoms with Crippen molar-refractivity contribution in [3.63, 3.8) is 0 Å². The Kier molecular flexibility index (Phi) is 5.66. The molecule has 8 heteroatoms. The molecule has 6 nitrogen and oxygen atoms in total. The van der Waals surface area contributed by atoms with Crippen LogP contribution in [0.15, 0.2) is 65.9 Å². The number of amides is 1. The van der Waals surface area contributed by atoms with Crippen LogP contribution >= 0.6 is 23.4 Å². The number of hydrogen-bond donors (Lipinski definition) is 2. The first-order valence-electron chi connectivity index (χ1n) is 9.02. The van der Waals surface area contributed by atoms with Gasteiger partial charge in [-0.05, 0) is 17.7 Å². The van der Waals surface area contributed by atoms with Crippen molar-refractivity contribution in [1.82, 2.24) is 14.9 Å². The van der Waals surface area contributed by atoms with Gasteiger partial charge in [-0.15, -0.1) is 11.6 Å². The van der Waals surface area contributed by atoms with Gasteiger partial charge in [0.25, 0.3) is 5.91 Å². The fraction of sp³-hybridized carbons (Fsp3) is 0.250. The van der Waals surface area contributed by atoms with Crippen molar-refractivity contribution >= 4 is 39.8 Å². The average molecular weight is 414 g/mol. The maximum Gasteiger partial charge on any atom is 0.276 e. The first-order valence-corrected chi connectivity index (χ1v) is 10.3. The number of carbonyl (C=O) groups is 1. The lowest BCUT2D eigenvalue weighted by Crippen LogP contribution is -2.38. The molecule has 0 aliphatic carbocycles. The molecule has 1 aromatic carbocycles. The number of rotatable bonds is 5. The number of aromatic nitrogens is 2. The topological polar surface area (TPSA) is 84.8 Å². The Labute approximate surface area is 172 Å². The molecule has 1 aliphatic heterocycles. The van der Waals surface area contributed by atoms with Gasteiger partial charge in [0.05, 0.1) is 28.5 Å². The van der Waals surface area contributed by atoms with Crippen LogP contribution < -0.4 is 11.1 Å². The monoisotopic (exact) mass is 413 g/mol. The molecule has 3 atom stereocenters. The molecule has 3 unspecified atom stereocenters. The Morgan fingerprint density at radius 2 is 2.07 bits per heavy atom. The molecule has 0 bridgehead atoms. The summed E-state index contributed by atoms with van der Waals surface area (Å²) < 4.78 is 1.56. The number of benzene rings is 1. The lowest BCUT2D eigenvalue weighted by atomic mass is 10.1. The van der Waals surface area contributed by atoms with E-state index in [0.29, 0.717) is 18.0 Å². The van der Waals surface area contributed by atoms with E-state index in [-0.39, 0.29) is 22.7 Å². The minimum atomic E-state index is -0.275. The van der Waals surface area contributed by atoms with Crippen molar-refractivity contribution in [2.24, 2.45) is 10.7 Å². The smallest absolute Gasteiger partial charge is 0.276 e. The summed E-state index contributed by atoms with van der Waals surface area (Å²) in [7, 11) is 0. The number of halogens is 1. The molecule has 28 heavy (non-hydrogen) atoms. The van der Waals surface area contributed by atoms with Gasteiger partial charge in [0.2, 0.25) is 0 Å². The van der Waals surface area contributed by atoms with E-state index in [9.17, 15) is 4.79 Å². The molecule has 1 aliphatic rings. The van der Waals surface area contributed by atoms with Crippen LogP contribution in [0.2, 0.25) is 0 Å². The maximum atomic E-state index is 12.9. The first-order chi connectivity index (χ1) is 13.7. The van der Waals surface area contributed by atoms with Crippen molar-refractivity contribution in [3.05, 3.63) is 72.1 Å². The fourth-order valence-corrected chi connectivity index (χ4v) is 4.57. The molecule has 3 heterocycles. The molecule has 0 saturated heterocycles. The Balaban J connectivity index is 1.58. The summed E-state index contributed by atoms with van der Waals surface area (Å²) in [6, 6.07) is 15.0. The van der Waals surface area contributed by atoms with Gasteiger partial charge in [-0.25, -0.2) is 4.52 Å². The van der Waals surface area contributed by atoms with E-state index in [0.717, 1.165) is 16.6 Å².